The van der Waals surface area contributed by atoms with E-state index in [1.807, 2.05) is 37.8 Å². The fourth-order valence-corrected chi connectivity index (χ4v) is 2.51. The number of hydrogen-bond acceptors (Lipinski definition) is 4. The largest absolute Gasteiger partial charge is 0.496 e. The number of ether oxygens (including phenoxy) is 2. The summed E-state index contributed by atoms with van der Waals surface area (Å²) < 4.78 is 16.0. The van der Waals surface area contributed by atoms with Crippen molar-refractivity contribution < 1.29 is 18.7 Å². The van der Waals surface area contributed by atoms with Gasteiger partial charge in [-0.15, -0.1) is 0 Å². The molecule has 1 unspecified atom stereocenters. The van der Waals surface area contributed by atoms with Crippen LogP contribution in [0.5, 0.6) is 5.75 Å². The smallest absolute Gasteiger partial charge is 0.338 e. The summed E-state index contributed by atoms with van der Waals surface area (Å²) in [7, 11) is 1.06. The van der Waals surface area contributed by atoms with Gasteiger partial charge < -0.3 is 13.9 Å². The van der Waals surface area contributed by atoms with E-state index < -0.39 is 20.4 Å². The molecule has 0 aromatic heterocycles. The number of methoxy groups -OCH3 is 2. The summed E-state index contributed by atoms with van der Waals surface area (Å²) in [6, 6.07) is 7.33. The molecule has 100 valence electrons. The molecule has 0 bridgehead atoms. The maximum atomic E-state index is 11.9. The molecule has 1 rings (SSSR count). The van der Waals surface area contributed by atoms with Gasteiger partial charge in [0.2, 0.25) is 0 Å². The monoisotopic (exact) mass is 268 g/mol. The van der Waals surface area contributed by atoms with E-state index in [0.717, 1.165) is 0 Å². The predicted octanol–water partition coefficient (Wildman–Crippen LogP) is 2.76. The van der Waals surface area contributed by atoms with Crippen molar-refractivity contribution in [2.24, 2.45) is 0 Å². The number of rotatable bonds is 5. The van der Waals surface area contributed by atoms with Gasteiger partial charge in [-0.2, -0.15) is 0 Å². The SMILES string of the molecule is COC(=O)C(O[Si](C)(C)C)c1ccccc1OC. The van der Waals surface area contributed by atoms with Crippen LogP contribution in [0.15, 0.2) is 24.3 Å². The van der Waals surface area contributed by atoms with E-state index in [-0.39, 0.29) is 0 Å². The predicted molar refractivity (Wildman–Crippen MR) is 72.2 cm³/mol. The second-order valence-electron chi connectivity index (χ2n) is 4.88. The molecule has 0 saturated heterocycles. The molecule has 1 atom stereocenters. The number of carbonyl (C=O) groups excluding carboxylic acids is 1. The highest BCUT2D eigenvalue weighted by atomic mass is 28.4. The summed E-state index contributed by atoms with van der Waals surface area (Å²) in [5.74, 6) is 0.230. The third-order valence-corrected chi connectivity index (χ3v) is 3.25. The molecule has 5 heteroatoms. The molecular weight excluding hydrogens is 248 g/mol. The fourth-order valence-electron chi connectivity index (χ4n) is 1.58. The van der Waals surface area contributed by atoms with E-state index >= 15 is 0 Å². The van der Waals surface area contributed by atoms with Gasteiger partial charge in [0.05, 0.1) is 14.2 Å². The molecule has 4 nitrogen and oxygen atoms in total. The van der Waals surface area contributed by atoms with Gasteiger partial charge in [0.1, 0.15) is 5.75 Å². The van der Waals surface area contributed by atoms with Gasteiger partial charge in [0, 0.05) is 5.56 Å². The first-order chi connectivity index (χ1) is 8.39. The van der Waals surface area contributed by atoms with Crippen molar-refractivity contribution in [3.8, 4) is 5.75 Å². The zero-order chi connectivity index (χ0) is 13.8. The molecule has 0 saturated carbocycles. The number of benzene rings is 1. The Balaban J connectivity index is 3.13. The Bertz CT molecular complexity index is 412. The molecular formula is C13H20O4Si. The van der Waals surface area contributed by atoms with Crippen LogP contribution >= 0.6 is 0 Å². The molecule has 0 aliphatic rings. The van der Waals surface area contributed by atoms with E-state index in [1.165, 1.54) is 7.11 Å². The zero-order valence-corrected chi connectivity index (χ0v) is 12.5. The normalized spacial score (nSPS) is 12.9. The van der Waals surface area contributed by atoms with Crippen LogP contribution in [0, 0.1) is 0 Å². The lowest BCUT2D eigenvalue weighted by Crippen LogP contribution is -2.32. The Hall–Kier alpha value is -1.33. The zero-order valence-electron chi connectivity index (χ0n) is 11.5. The minimum Gasteiger partial charge on any atom is -0.496 e. The van der Waals surface area contributed by atoms with Crippen LogP contribution < -0.4 is 4.74 Å². The lowest BCUT2D eigenvalue weighted by molar-refractivity contribution is -0.149. The fraction of sp³-hybridized carbons (Fsp3) is 0.462. The van der Waals surface area contributed by atoms with Crippen LogP contribution in [0.2, 0.25) is 19.6 Å². The van der Waals surface area contributed by atoms with Crippen molar-refractivity contribution >= 4 is 14.3 Å². The van der Waals surface area contributed by atoms with Crippen molar-refractivity contribution in [1.29, 1.82) is 0 Å². The summed E-state index contributed by atoms with van der Waals surface area (Å²) in [4.78, 5) is 11.9. The molecule has 1 aromatic rings. The van der Waals surface area contributed by atoms with Gasteiger partial charge in [-0.3, -0.25) is 0 Å². The van der Waals surface area contributed by atoms with Crippen LogP contribution in [0.1, 0.15) is 11.7 Å². The van der Waals surface area contributed by atoms with Crippen molar-refractivity contribution in [3.05, 3.63) is 29.8 Å². The Morgan fingerprint density at radius 3 is 2.28 bits per heavy atom. The van der Waals surface area contributed by atoms with Gasteiger partial charge in [-0.05, 0) is 25.7 Å². The van der Waals surface area contributed by atoms with Gasteiger partial charge in [0.15, 0.2) is 14.4 Å². The van der Waals surface area contributed by atoms with E-state index in [9.17, 15) is 4.79 Å². The second kappa shape index (κ2) is 6.02. The lowest BCUT2D eigenvalue weighted by Gasteiger charge is -2.25. The highest BCUT2D eigenvalue weighted by Gasteiger charge is 2.30. The number of hydrogen-bond donors (Lipinski definition) is 0. The van der Waals surface area contributed by atoms with E-state index in [4.69, 9.17) is 13.9 Å². The molecule has 18 heavy (non-hydrogen) atoms. The Labute approximate surface area is 109 Å². The maximum Gasteiger partial charge on any atom is 0.338 e. The van der Waals surface area contributed by atoms with Crippen LogP contribution in [-0.2, 0) is 14.0 Å². The number of carbonyl (C=O) groups is 1. The van der Waals surface area contributed by atoms with Crippen molar-refractivity contribution in [3.63, 3.8) is 0 Å². The van der Waals surface area contributed by atoms with Gasteiger partial charge in [0.25, 0.3) is 0 Å². The average Bonchev–Trinajstić information content (AvgIpc) is 2.34. The van der Waals surface area contributed by atoms with E-state index in [1.54, 1.807) is 13.2 Å². The molecule has 0 spiro atoms. The highest BCUT2D eigenvalue weighted by Crippen LogP contribution is 2.30. The minimum absolute atomic E-state index is 0.401. The Morgan fingerprint density at radius 2 is 1.78 bits per heavy atom. The van der Waals surface area contributed by atoms with E-state index in [0.29, 0.717) is 11.3 Å². The van der Waals surface area contributed by atoms with Crippen molar-refractivity contribution in [2.45, 2.75) is 25.7 Å². The summed E-state index contributed by atoms with van der Waals surface area (Å²) >= 11 is 0. The van der Waals surface area contributed by atoms with Crippen molar-refractivity contribution in [1.82, 2.24) is 0 Å². The van der Waals surface area contributed by atoms with Gasteiger partial charge >= 0.3 is 5.97 Å². The summed E-state index contributed by atoms with van der Waals surface area (Å²) in [6.07, 6.45) is -0.724. The van der Waals surface area contributed by atoms with Gasteiger partial charge in [-0.1, -0.05) is 18.2 Å². The van der Waals surface area contributed by atoms with Crippen molar-refractivity contribution in [2.75, 3.05) is 14.2 Å². The molecule has 0 fully saturated rings. The lowest BCUT2D eigenvalue weighted by atomic mass is 10.1. The number of esters is 1. The highest BCUT2D eigenvalue weighted by molar-refractivity contribution is 6.69. The first-order valence-electron chi connectivity index (χ1n) is 5.77. The Kier molecular flexibility index (Phi) is 4.92. The van der Waals surface area contributed by atoms with Crippen LogP contribution in [0.4, 0.5) is 0 Å². The van der Waals surface area contributed by atoms with E-state index in [2.05, 4.69) is 0 Å². The molecule has 0 amide bonds. The average molecular weight is 268 g/mol. The van der Waals surface area contributed by atoms with Crippen LogP contribution in [-0.4, -0.2) is 28.5 Å². The molecule has 0 radical (unpaired) electrons. The van der Waals surface area contributed by atoms with Gasteiger partial charge in [-0.25, -0.2) is 4.79 Å². The first kappa shape index (κ1) is 14.7. The topological polar surface area (TPSA) is 44.8 Å². The standard InChI is InChI=1S/C13H20O4Si/c1-15-11-9-7-6-8-10(11)12(13(14)16-2)17-18(3,4)5/h6-9,12H,1-5H3. The summed E-state index contributed by atoms with van der Waals surface area (Å²) in [5.41, 5.74) is 0.703. The number of para-hydroxylation sites is 1. The Morgan fingerprint density at radius 1 is 1.17 bits per heavy atom. The van der Waals surface area contributed by atoms with Crippen LogP contribution in [0.25, 0.3) is 0 Å². The second-order valence-corrected chi connectivity index (χ2v) is 9.34. The molecule has 0 aliphatic carbocycles. The quantitative estimate of drug-likeness (QED) is 0.608. The third kappa shape index (κ3) is 3.85. The molecule has 0 heterocycles. The maximum absolute atomic E-state index is 11.9. The molecule has 0 N–H and O–H groups in total. The summed E-state index contributed by atoms with van der Waals surface area (Å²) in [5, 5.41) is 0. The molecule has 0 aliphatic heterocycles. The minimum atomic E-state index is -1.87. The first-order valence-corrected chi connectivity index (χ1v) is 9.18. The third-order valence-electron chi connectivity index (χ3n) is 2.31. The molecule has 1 aromatic carbocycles. The summed E-state index contributed by atoms with van der Waals surface area (Å²) in [6.45, 7) is 6.08. The van der Waals surface area contributed by atoms with Crippen LogP contribution in [0.3, 0.4) is 0 Å².